The van der Waals surface area contributed by atoms with E-state index in [0.717, 1.165) is 32.1 Å². The van der Waals surface area contributed by atoms with Crippen molar-refractivity contribution in [3.63, 3.8) is 0 Å². The average Bonchev–Trinajstić information content (AvgIpc) is 2.98. The summed E-state index contributed by atoms with van der Waals surface area (Å²) in [5, 5.41) is 0. The number of hydrogen-bond acceptors (Lipinski definition) is 2. The molecule has 0 radical (unpaired) electrons. The Kier molecular flexibility index (Phi) is 8.18. The minimum absolute atomic E-state index is 0. The molecule has 1 fully saturated rings. The second kappa shape index (κ2) is 8.19. The number of nitrogens with zero attached hydrogens (tertiary/aromatic N) is 3. The predicted molar refractivity (Wildman–Crippen MR) is 87.9 cm³/mol. The zero-order valence-corrected chi connectivity index (χ0v) is 14.7. The normalized spacial score (nSPS) is 15.6. The van der Waals surface area contributed by atoms with Crippen LogP contribution in [0.15, 0.2) is 4.99 Å². The molecule has 0 spiro atoms. The van der Waals surface area contributed by atoms with Gasteiger partial charge < -0.3 is 14.5 Å². The van der Waals surface area contributed by atoms with E-state index in [0.29, 0.717) is 5.41 Å². The molecule has 0 saturated heterocycles. The van der Waals surface area contributed by atoms with Gasteiger partial charge in [-0.3, -0.25) is 4.99 Å². The highest BCUT2D eigenvalue weighted by molar-refractivity contribution is 14.0. The van der Waals surface area contributed by atoms with Gasteiger partial charge in [0.25, 0.3) is 0 Å². The van der Waals surface area contributed by atoms with Gasteiger partial charge in [-0.1, -0.05) is 0 Å². The van der Waals surface area contributed by atoms with Gasteiger partial charge >= 0.3 is 0 Å². The third-order valence-electron chi connectivity index (χ3n) is 3.29. The van der Waals surface area contributed by atoms with Crippen molar-refractivity contribution in [3.05, 3.63) is 0 Å². The Bertz CT molecular complexity index is 253. The fourth-order valence-electron chi connectivity index (χ4n) is 2.02. The molecule has 0 aromatic heterocycles. The third-order valence-corrected chi connectivity index (χ3v) is 3.29. The van der Waals surface area contributed by atoms with Crippen LogP contribution in [-0.2, 0) is 4.74 Å². The molecule has 0 heterocycles. The molecule has 0 aliphatic heterocycles. The first-order chi connectivity index (χ1) is 8.01. The summed E-state index contributed by atoms with van der Waals surface area (Å²) in [5.41, 5.74) is 0.437. The summed E-state index contributed by atoms with van der Waals surface area (Å²) < 4.78 is 5.44. The zero-order valence-electron chi connectivity index (χ0n) is 12.4. The first-order valence-corrected chi connectivity index (χ1v) is 6.47. The van der Waals surface area contributed by atoms with Gasteiger partial charge in [-0.25, -0.2) is 0 Å². The second-order valence-corrected chi connectivity index (χ2v) is 5.35. The van der Waals surface area contributed by atoms with Crippen molar-refractivity contribution in [2.75, 3.05) is 47.9 Å². The largest absolute Gasteiger partial charge is 0.382 e. The Hall–Kier alpha value is -0.0400. The Morgan fingerprint density at radius 1 is 1.17 bits per heavy atom. The minimum atomic E-state index is 0. The van der Waals surface area contributed by atoms with E-state index < -0.39 is 0 Å². The number of ether oxygens (including phenoxy) is 1. The number of halogens is 1. The molecule has 1 saturated carbocycles. The van der Waals surface area contributed by atoms with Crippen LogP contribution < -0.4 is 0 Å². The van der Waals surface area contributed by atoms with Crippen LogP contribution in [0.25, 0.3) is 0 Å². The molecule has 0 N–H and O–H groups in total. The summed E-state index contributed by atoms with van der Waals surface area (Å²) in [6.07, 6.45) is 3.76. The van der Waals surface area contributed by atoms with Gasteiger partial charge in [-0.05, 0) is 31.6 Å². The summed E-state index contributed by atoms with van der Waals surface area (Å²) in [6, 6.07) is 0. The smallest absolute Gasteiger partial charge is 0.195 e. The maximum absolute atomic E-state index is 5.44. The maximum Gasteiger partial charge on any atom is 0.195 e. The molecule has 0 aromatic carbocycles. The molecule has 1 aliphatic rings. The molecule has 0 atom stereocenters. The summed E-state index contributed by atoms with van der Waals surface area (Å²) in [5.74, 6) is 1.05. The monoisotopic (exact) mass is 369 g/mol. The Balaban J connectivity index is 0.00000289. The van der Waals surface area contributed by atoms with Crippen LogP contribution in [0.3, 0.4) is 0 Å². The van der Waals surface area contributed by atoms with Crippen molar-refractivity contribution in [2.24, 2.45) is 10.4 Å². The SMILES string of the molecule is CCOCCC1(CN=C(N(C)C)N(C)C)CC1.I. The third kappa shape index (κ3) is 5.73. The highest BCUT2D eigenvalue weighted by Crippen LogP contribution is 2.49. The van der Waals surface area contributed by atoms with Crippen LogP contribution in [0.4, 0.5) is 0 Å². The molecular formula is C13H28IN3O. The number of aliphatic imine (C=N–C) groups is 1. The summed E-state index contributed by atoms with van der Waals surface area (Å²) in [7, 11) is 8.16. The molecule has 5 heteroatoms. The van der Waals surface area contributed by atoms with Crippen LogP contribution in [0.5, 0.6) is 0 Å². The summed E-state index contributed by atoms with van der Waals surface area (Å²) >= 11 is 0. The van der Waals surface area contributed by atoms with Crippen molar-refractivity contribution in [3.8, 4) is 0 Å². The van der Waals surface area contributed by atoms with Crippen molar-refractivity contribution >= 4 is 29.9 Å². The number of hydrogen-bond donors (Lipinski definition) is 0. The van der Waals surface area contributed by atoms with Crippen LogP contribution in [0.2, 0.25) is 0 Å². The highest BCUT2D eigenvalue weighted by Gasteiger charge is 2.42. The predicted octanol–water partition coefficient (Wildman–Crippen LogP) is 2.29. The van der Waals surface area contributed by atoms with Gasteiger partial charge in [0.1, 0.15) is 0 Å². The lowest BCUT2D eigenvalue weighted by Crippen LogP contribution is -2.36. The van der Waals surface area contributed by atoms with Crippen molar-refractivity contribution in [1.82, 2.24) is 9.80 Å². The van der Waals surface area contributed by atoms with E-state index >= 15 is 0 Å². The lowest BCUT2D eigenvalue weighted by Gasteiger charge is -2.23. The van der Waals surface area contributed by atoms with E-state index in [9.17, 15) is 0 Å². The van der Waals surface area contributed by atoms with Crippen LogP contribution >= 0.6 is 24.0 Å². The average molecular weight is 369 g/mol. The molecule has 1 aliphatic carbocycles. The lowest BCUT2D eigenvalue weighted by atomic mass is 10.0. The topological polar surface area (TPSA) is 28.1 Å². The van der Waals surface area contributed by atoms with E-state index in [4.69, 9.17) is 9.73 Å². The first kappa shape index (κ1) is 18.0. The van der Waals surface area contributed by atoms with Crippen LogP contribution in [-0.4, -0.2) is 63.7 Å². The van der Waals surface area contributed by atoms with E-state index in [-0.39, 0.29) is 24.0 Å². The van der Waals surface area contributed by atoms with Crippen LogP contribution in [0, 0.1) is 5.41 Å². The molecule has 0 bridgehead atoms. The summed E-state index contributed by atoms with van der Waals surface area (Å²) in [4.78, 5) is 8.88. The molecular weight excluding hydrogens is 341 g/mol. The fraction of sp³-hybridized carbons (Fsp3) is 0.923. The van der Waals surface area contributed by atoms with Gasteiger partial charge in [0.2, 0.25) is 0 Å². The quantitative estimate of drug-likeness (QED) is 0.311. The van der Waals surface area contributed by atoms with E-state index in [1.54, 1.807) is 0 Å². The van der Waals surface area contributed by atoms with Gasteiger partial charge in [0, 0.05) is 47.9 Å². The van der Waals surface area contributed by atoms with E-state index in [2.05, 4.69) is 9.80 Å². The minimum Gasteiger partial charge on any atom is -0.382 e. The number of guanidine groups is 1. The fourth-order valence-corrected chi connectivity index (χ4v) is 2.02. The van der Waals surface area contributed by atoms with Crippen molar-refractivity contribution in [1.29, 1.82) is 0 Å². The standard InChI is InChI=1S/C13H27N3O.HI/c1-6-17-10-9-13(7-8-13)11-14-12(15(2)3)16(4)5;/h6-11H2,1-5H3;1H. The molecule has 18 heavy (non-hydrogen) atoms. The summed E-state index contributed by atoms with van der Waals surface area (Å²) in [6.45, 7) is 4.69. The molecule has 0 aromatic rings. The molecule has 108 valence electrons. The van der Waals surface area contributed by atoms with Gasteiger partial charge in [-0.15, -0.1) is 24.0 Å². The van der Waals surface area contributed by atoms with Gasteiger partial charge in [0.15, 0.2) is 5.96 Å². The lowest BCUT2D eigenvalue weighted by molar-refractivity contribution is 0.129. The molecule has 0 unspecified atom stereocenters. The Morgan fingerprint density at radius 2 is 1.72 bits per heavy atom. The van der Waals surface area contributed by atoms with E-state index in [1.165, 1.54) is 12.8 Å². The van der Waals surface area contributed by atoms with Crippen LogP contribution in [0.1, 0.15) is 26.2 Å². The second-order valence-electron chi connectivity index (χ2n) is 5.35. The van der Waals surface area contributed by atoms with Crippen molar-refractivity contribution < 1.29 is 4.74 Å². The zero-order chi connectivity index (χ0) is 12.9. The Morgan fingerprint density at radius 3 is 2.11 bits per heavy atom. The molecule has 1 rings (SSSR count). The molecule has 4 nitrogen and oxygen atoms in total. The maximum atomic E-state index is 5.44. The van der Waals surface area contributed by atoms with Crippen molar-refractivity contribution in [2.45, 2.75) is 26.2 Å². The molecule has 0 amide bonds. The first-order valence-electron chi connectivity index (χ1n) is 6.47. The van der Waals surface area contributed by atoms with E-state index in [1.807, 2.05) is 35.1 Å². The highest BCUT2D eigenvalue weighted by atomic mass is 127. The van der Waals surface area contributed by atoms with Gasteiger partial charge in [-0.2, -0.15) is 0 Å². The number of rotatable bonds is 6. The Labute approximate surface area is 129 Å². The van der Waals surface area contributed by atoms with Gasteiger partial charge in [0.05, 0.1) is 0 Å².